The first kappa shape index (κ1) is 19.1. The third-order valence-electron chi connectivity index (χ3n) is 4.07. The van der Waals surface area contributed by atoms with E-state index in [0.717, 1.165) is 0 Å². The van der Waals surface area contributed by atoms with Gasteiger partial charge in [-0.2, -0.15) is 0 Å². The zero-order chi connectivity index (χ0) is 20.3. The Morgan fingerprint density at radius 2 is 2.00 bits per heavy atom. The van der Waals surface area contributed by atoms with Crippen LogP contribution in [0.15, 0.2) is 45.7 Å². The lowest BCUT2D eigenvalue weighted by Crippen LogP contribution is -2.21. The number of aryl methyl sites for hydroxylation is 1. The normalized spacial score (nSPS) is 10.5. The van der Waals surface area contributed by atoms with Crippen molar-refractivity contribution in [2.24, 2.45) is 0 Å². The number of esters is 1. The van der Waals surface area contributed by atoms with Crippen molar-refractivity contribution in [1.29, 1.82) is 0 Å². The number of anilines is 1. The first-order valence-corrected chi connectivity index (χ1v) is 8.40. The van der Waals surface area contributed by atoms with Gasteiger partial charge in [-0.25, -0.2) is 4.79 Å². The highest BCUT2D eigenvalue weighted by atomic mass is 16.5. The van der Waals surface area contributed by atoms with E-state index in [-0.39, 0.29) is 17.8 Å². The molecule has 1 amide bonds. The number of para-hydroxylation sites is 2. The fraction of sp³-hybridized carbons (Fsp3) is 0.200. The van der Waals surface area contributed by atoms with Crippen molar-refractivity contribution in [3.05, 3.63) is 63.8 Å². The van der Waals surface area contributed by atoms with E-state index in [9.17, 15) is 14.4 Å². The maximum atomic E-state index is 12.7. The number of fused-ring (bicyclic) bond motifs is 1. The molecule has 0 aliphatic carbocycles. The van der Waals surface area contributed by atoms with Crippen LogP contribution in [0.25, 0.3) is 11.0 Å². The summed E-state index contributed by atoms with van der Waals surface area (Å²) in [5.41, 5.74) is 0.674. The molecule has 0 spiro atoms. The van der Waals surface area contributed by atoms with Gasteiger partial charge in [-0.3, -0.25) is 14.6 Å². The lowest BCUT2D eigenvalue weighted by molar-refractivity contribution is -0.142. The highest BCUT2D eigenvalue weighted by Gasteiger charge is 2.18. The van der Waals surface area contributed by atoms with Gasteiger partial charge in [0, 0.05) is 24.1 Å². The number of pyridine rings is 1. The summed E-state index contributed by atoms with van der Waals surface area (Å²) in [6.07, 6.45) is 1.52. The second kappa shape index (κ2) is 7.91. The lowest BCUT2D eigenvalue weighted by atomic mass is 10.1. The number of benzene rings is 1. The van der Waals surface area contributed by atoms with Crippen LogP contribution in [0.4, 0.5) is 5.69 Å². The second-order valence-electron chi connectivity index (χ2n) is 5.99. The molecule has 28 heavy (non-hydrogen) atoms. The molecule has 0 saturated carbocycles. The van der Waals surface area contributed by atoms with Crippen LogP contribution in [0.2, 0.25) is 0 Å². The molecule has 2 aromatic heterocycles. The number of carbonyl (C=O) groups is 2. The fourth-order valence-electron chi connectivity index (χ4n) is 2.67. The molecular formula is C20H18N2O6. The second-order valence-corrected chi connectivity index (χ2v) is 5.99. The molecule has 1 N–H and O–H groups in total. The van der Waals surface area contributed by atoms with Crippen molar-refractivity contribution in [3.8, 4) is 5.75 Å². The summed E-state index contributed by atoms with van der Waals surface area (Å²) in [4.78, 5) is 40.3. The summed E-state index contributed by atoms with van der Waals surface area (Å²) in [6.45, 7) is 2.91. The Bertz CT molecular complexity index is 1120. The third kappa shape index (κ3) is 3.85. The number of ether oxygens (including phenoxy) is 2. The number of nitrogens with one attached hydrogen (secondary N) is 1. The molecule has 1 aromatic carbocycles. The molecule has 8 heteroatoms. The molecule has 0 fully saturated rings. The van der Waals surface area contributed by atoms with Crippen molar-refractivity contribution in [3.63, 3.8) is 0 Å². The van der Waals surface area contributed by atoms with E-state index in [1.54, 1.807) is 31.2 Å². The zero-order valence-electron chi connectivity index (χ0n) is 15.6. The molecule has 0 saturated heterocycles. The summed E-state index contributed by atoms with van der Waals surface area (Å²) in [6, 6.07) is 8.24. The van der Waals surface area contributed by atoms with E-state index >= 15 is 0 Å². The largest absolute Gasteiger partial charge is 0.495 e. The van der Waals surface area contributed by atoms with E-state index in [0.29, 0.717) is 28.1 Å². The number of hydrogen-bond acceptors (Lipinski definition) is 7. The quantitative estimate of drug-likeness (QED) is 0.676. The monoisotopic (exact) mass is 382 g/mol. The van der Waals surface area contributed by atoms with Crippen LogP contribution in [0, 0.1) is 6.92 Å². The minimum atomic E-state index is -0.797. The molecular weight excluding hydrogens is 364 g/mol. The van der Waals surface area contributed by atoms with Crippen LogP contribution in [-0.2, 0) is 16.1 Å². The van der Waals surface area contributed by atoms with Gasteiger partial charge in [-0.05, 0) is 25.1 Å². The number of rotatable bonds is 5. The molecule has 0 unspecified atom stereocenters. The maximum absolute atomic E-state index is 12.7. The van der Waals surface area contributed by atoms with Crippen LogP contribution in [0.1, 0.15) is 28.5 Å². The number of nitrogens with zero attached hydrogens (tertiary/aromatic N) is 1. The molecule has 0 aliphatic rings. The molecule has 3 aromatic rings. The van der Waals surface area contributed by atoms with Gasteiger partial charge in [-0.15, -0.1) is 0 Å². The van der Waals surface area contributed by atoms with E-state index in [1.807, 2.05) is 0 Å². The summed E-state index contributed by atoms with van der Waals surface area (Å²) in [5.74, 6) is -0.648. The van der Waals surface area contributed by atoms with E-state index in [1.165, 1.54) is 26.3 Å². The lowest BCUT2D eigenvalue weighted by Gasteiger charge is -2.11. The minimum absolute atomic E-state index is 0.0552. The van der Waals surface area contributed by atoms with E-state index < -0.39 is 17.5 Å². The van der Waals surface area contributed by atoms with Crippen molar-refractivity contribution in [2.75, 3.05) is 12.4 Å². The molecule has 144 valence electrons. The van der Waals surface area contributed by atoms with Crippen LogP contribution in [0.5, 0.6) is 5.75 Å². The standard InChI is InChI=1S/C20H18N2O6/c1-11-18-14(13(9-21-11)10-27-12(2)23)8-15(20(25)28-18)19(24)22-16-6-4-5-7-17(16)26-3/h4-9H,10H2,1-3H3,(H,22,24). The number of hydrogen-bond donors (Lipinski definition) is 1. The summed E-state index contributed by atoms with van der Waals surface area (Å²) >= 11 is 0. The Hall–Kier alpha value is -3.68. The first-order chi connectivity index (χ1) is 13.4. The molecule has 8 nitrogen and oxygen atoms in total. The Kier molecular flexibility index (Phi) is 5.39. The van der Waals surface area contributed by atoms with Crippen LogP contribution in [-0.4, -0.2) is 24.0 Å². The van der Waals surface area contributed by atoms with Gasteiger partial charge >= 0.3 is 11.6 Å². The predicted octanol–water partition coefficient (Wildman–Crippen LogP) is 2.82. The topological polar surface area (TPSA) is 108 Å². The smallest absolute Gasteiger partial charge is 0.349 e. The van der Waals surface area contributed by atoms with Crippen molar-refractivity contribution >= 4 is 28.5 Å². The number of methoxy groups -OCH3 is 1. The Morgan fingerprint density at radius 3 is 2.71 bits per heavy atom. The van der Waals surface area contributed by atoms with Gasteiger partial charge in [0.2, 0.25) is 0 Å². The van der Waals surface area contributed by atoms with Crippen molar-refractivity contribution in [1.82, 2.24) is 4.98 Å². The van der Waals surface area contributed by atoms with Gasteiger partial charge < -0.3 is 19.2 Å². The average molecular weight is 382 g/mol. The first-order valence-electron chi connectivity index (χ1n) is 8.40. The highest BCUT2D eigenvalue weighted by Crippen LogP contribution is 2.25. The van der Waals surface area contributed by atoms with Crippen molar-refractivity contribution in [2.45, 2.75) is 20.5 Å². The highest BCUT2D eigenvalue weighted by molar-refractivity contribution is 6.06. The van der Waals surface area contributed by atoms with Crippen LogP contribution in [0.3, 0.4) is 0 Å². The van der Waals surface area contributed by atoms with Gasteiger partial charge in [0.25, 0.3) is 5.91 Å². The fourth-order valence-corrected chi connectivity index (χ4v) is 2.67. The summed E-state index contributed by atoms with van der Waals surface area (Å²) < 4.78 is 15.6. The average Bonchev–Trinajstić information content (AvgIpc) is 2.67. The van der Waals surface area contributed by atoms with Gasteiger partial charge in [0.15, 0.2) is 5.58 Å². The maximum Gasteiger partial charge on any atom is 0.349 e. The molecule has 2 heterocycles. The minimum Gasteiger partial charge on any atom is -0.495 e. The summed E-state index contributed by atoms with van der Waals surface area (Å²) in [7, 11) is 1.48. The van der Waals surface area contributed by atoms with Gasteiger partial charge in [-0.1, -0.05) is 12.1 Å². The number of aromatic nitrogens is 1. The van der Waals surface area contributed by atoms with Gasteiger partial charge in [0.05, 0.1) is 18.5 Å². The molecule has 3 rings (SSSR count). The Morgan fingerprint density at radius 1 is 1.25 bits per heavy atom. The molecule has 0 radical (unpaired) electrons. The van der Waals surface area contributed by atoms with E-state index in [4.69, 9.17) is 13.9 Å². The number of carbonyl (C=O) groups excluding carboxylic acids is 2. The molecule has 0 aliphatic heterocycles. The molecule has 0 atom stereocenters. The Labute approximate surface area is 160 Å². The van der Waals surface area contributed by atoms with Crippen LogP contribution >= 0.6 is 0 Å². The van der Waals surface area contributed by atoms with Crippen molar-refractivity contribution < 1.29 is 23.5 Å². The number of amides is 1. The Balaban J connectivity index is 2.04. The SMILES string of the molecule is COc1ccccc1NC(=O)c1cc2c(COC(C)=O)cnc(C)c2oc1=O. The zero-order valence-corrected chi connectivity index (χ0v) is 15.6. The summed E-state index contributed by atoms with van der Waals surface area (Å²) in [5, 5.41) is 3.11. The molecule has 0 bridgehead atoms. The third-order valence-corrected chi connectivity index (χ3v) is 4.07. The van der Waals surface area contributed by atoms with E-state index in [2.05, 4.69) is 10.3 Å². The van der Waals surface area contributed by atoms with Gasteiger partial charge in [0.1, 0.15) is 17.9 Å². The predicted molar refractivity (Wildman–Crippen MR) is 101 cm³/mol. The van der Waals surface area contributed by atoms with Crippen LogP contribution < -0.4 is 15.7 Å².